The maximum Gasteiger partial charge on any atom is 0.331 e. The van der Waals surface area contributed by atoms with E-state index < -0.39 is 42.6 Å². The lowest BCUT2D eigenvalue weighted by Crippen LogP contribution is -2.35. The maximum atomic E-state index is 13.1. The summed E-state index contributed by atoms with van der Waals surface area (Å²) in [4.78, 5) is 35.2. The van der Waals surface area contributed by atoms with Gasteiger partial charge in [0.2, 0.25) is 5.91 Å². The zero-order valence-corrected chi connectivity index (χ0v) is 16.2. The first-order valence-corrected chi connectivity index (χ1v) is 9.17. The van der Waals surface area contributed by atoms with Crippen molar-refractivity contribution >= 4 is 29.5 Å². The Balaban J connectivity index is 1.38. The van der Waals surface area contributed by atoms with Gasteiger partial charge in [0.25, 0.3) is 5.91 Å². The van der Waals surface area contributed by atoms with Gasteiger partial charge in [-0.25, -0.2) is 13.6 Å². The van der Waals surface area contributed by atoms with Crippen LogP contribution in [0.5, 0.6) is 11.5 Å². The summed E-state index contributed by atoms with van der Waals surface area (Å²) < 4.78 is 41.6. The highest BCUT2D eigenvalue weighted by atomic mass is 19.2. The average Bonchev–Trinajstić information content (AvgIpc) is 2.77. The fourth-order valence-electron chi connectivity index (χ4n) is 2.52. The van der Waals surface area contributed by atoms with Crippen LogP contribution in [0.2, 0.25) is 0 Å². The van der Waals surface area contributed by atoms with Crippen LogP contribution in [0, 0.1) is 11.6 Å². The summed E-state index contributed by atoms with van der Waals surface area (Å²) in [5.41, 5.74) is 0.716. The van der Waals surface area contributed by atoms with Crippen molar-refractivity contribution in [1.29, 1.82) is 0 Å². The molecule has 0 bridgehead atoms. The first-order chi connectivity index (χ1) is 14.9. The average molecular weight is 432 g/mol. The molecule has 10 heteroatoms. The molecule has 0 spiro atoms. The van der Waals surface area contributed by atoms with Crippen molar-refractivity contribution in [2.24, 2.45) is 0 Å². The summed E-state index contributed by atoms with van der Waals surface area (Å²) >= 11 is 0. The second kappa shape index (κ2) is 10.2. The van der Waals surface area contributed by atoms with Gasteiger partial charge in [0.05, 0.1) is 6.54 Å². The van der Waals surface area contributed by atoms with Gasteiger partial charge >= 0.3 is 5.97 Å². The molecule has 162 valence electrons. The smallest absolute Gasteiger partial charge is 0.331 e. The fourth-order valence-corrected chi connectivity index (χ4v) is 2.52. The van der Waals surface area contributed by atoms with Crippen LogP contribution in [-0.2, 0) is 19.1 Å². The zero-order chi connectivity index (χ0) is 22.2. The number of halogens is 2. The molecule has 31 heavy (non-hydrogen) atoms. The summed E-state index contributed by atoms with van der Waals surface area (Å²) in [6.45, 7) is -0.121. The predicted octanol–water partition coefficient (Wildman–Crippen LogP) is 2.05. The highest BCUT2D eigenvalue weighted by Gasteiger charge is 2.12. The van der Waals surface area contributed by atoms with Gasteiger partial charge in [-0.3, -0.25) is 9.59 Å². The van der Waals surface area contributed by atoms with Gasteiger partial charge in [-0.1, -0.05) is 6.07 Å². The molecule has 3 rings (SSSR count). The van der Waals surface area contributed by atoms with E-state index in [0.29, 0.717) is 30.3 Å². The molecule has 2 amide bonds. The van der Waals surface area contributed by atoms with Crippen LogP contribution in [0.3, 0.4) is 0 Å². The van der Waals surface area contributed by atoms with Crippen molar-refractivity contribution in [1.82, 2.24) is 5.32 Å². The van der Waals surface area contributed by atoms with Crippen molar-refractivity contribution in [3.8, 4) is 11.5 Å². The number of amides is 2. The Labute approximate surface area is 175 Å². The standard InChI is InChI=1S/C21H18F2N2O6/c22-15-4-3-14(10-16(15)23)25-19(26)11-24-20(27)12-31-21(28)6-2-13-1-5-17-18(9-13)30-8-7-29-17/h1-6,9-10H,7-8,11-12H2,(H,24,27)(H,25,26)/b6-2+. The van der Waals surface area contributed by atoms with Crippen LogP contribution in [0.1, 0.15) is 5.56 Å². The third-order valence-corrected chi connectivity index (χ3v) is 3.97. The maximum absolute atomic E-state index is 13.1. The van der Waals surface area contributed by atoms with Gasteiger partial charge in [0.15, 0.2) is 29.7 Å². The van der Waals surface area contributed by atoms with Crippen molar-refractivity contribution in [2.45, 2.75) is 0 Å². The van der Waals surface area contributed by atoms with E-state index >= 15 is 0 Å². The molecule has 1 heterocycles. The van der Waals surface area contributed by atoms with Gasteiger partial charge in [0, 0.05) is 17.8 Å². The van der Waals surface area contributed by atoms with Gasteiger partial charge in [0.1, 0.15) is 13.2 Å². The van der Waals surface area contributed by atoms with Crippen molar-refractivity contribution in [2.75, 3.05) is 31.7 Å². The highest BCUT2D eigenvalue weighted by molar-refractivity contribution is 5.95. The third-order valence-electron chi connectivity index (χ3n) is 3.97. The van der Waals surface area contributed by atoms with Crippen LogP contribution < -0.4 is 20.1 Å². The lowest BCUT2D eigenvalue weighted by atomic mass is 10.2. The van der Waals surface area contributed by atoms with Crippen LogP contribution in [-0.4, -0.2) is 44.1 Å². The van der Waals surface area contributed by atoms with E-state index in [9.17, 15) is 23.2 Å². The molecule has 0 fully saturated rings. The molecule has 0 aliphatic carbocycles. The van der Waals surface area contributed by atoms with E-state index in [2.05, 4.69) is 10.6 Å². The number of rotatable bonds is 7. The van der Waals surface area contributed by atoms with Crippen LogP contribution in [0.4, 0.5) is 14.5 Å². The molecule has 0 saturated heterocycles. The number of carbonyl (C=O) groups excluding carboxylic acids is 3. The Morgan fingerprint density at radius 1 is 0.968 bits per heavy atom. The molecule has 2 aromatic rings. The molecule has 2 aromatic carbocycles. The van der Waals surface area contributed by atoms with Crippen LogP contribution in [0.15, 0.2) is 42.5 Å². The van der Waals surface area contributed by atoms with Crippen LogP contribution in [0.25, 0.3) is 6.08 Å². The number of fused-ring (bicyclic) bond motifs is 1. The Hall–Kier alpha value is -3.95. The number of ether oxygens (including phenoxy) is 3. The molecule has 0 unspecified atom stereocenters. The predicted molar refractivity (Wildman–Crippen MR) is 105 cm³/mol. The van der Waals surface area contributed by atoms with E-state index in [-0.39, 0.29) is 5.69 Å². The highest BCUT2D eigenvalue weighted by Crippen LogP contribution is 2.31. The van der Waals surface area contributed by atoms with Crippen LogP contribution >= 0.6 is 0 Å². The largest absolute Gasteiger partial charge is 0.486 e. The summed E-state index contributed by atoms with van der Waals surface area (Å²) in [5.74, 6) is -3.09. The first-order valence-electron chi connectivity index (χ1n) is 9.17. The van der Waals surface area contributed by atoms with Gasteiger partial charge in [-0.2, -0.15) is 0 Å². The van der Waals surface area contributed by atoms with E-state index in [0.717, 1.165) is 18.2 Å². The van der Waals surface area contributed by atoms with E-state index in [1.165, 1.54) is 12.1 Å². The lowest BCUT2D eigenvalue weighted by molar-refractivity contribution is -0.143. The molecule has 1 aliphatic rings. The number of anilines is 1. The molecule has 2 N–H and O–H groups in total. The molecule has 0 aromatic heterocycles. The summed E-state index contributed by atoms with van der Waals surface area (Å²) in [5, 5.41) is 4.53. The van der Waals surface area contributed by atoms with E-state index in [4.69, 9.17) is 14.2 Å². The number of benzene rings is 2. The summed E-state index contributed by atoms with van der Waals surface area (Å²) in [6.07, 6.45) is 2.64. The Bertz CT molecular complexity index is 1020. The van der Waals surface area contributed by atoms with E-state index in [1.54, 1.807) is 18.2 Å². The quantitative estimate of drug-likeness (QED) is 0.513. The van der Waals surface area contributed by atoms with Crippen molar-refractivity contribution < 1.29 is 37.4 Å². The minimum atomic E-state index is -1.11. The SMILES string of the molecule is O=C(COC(=O)/C=C/c1ccc2c(c1)OCCO2)NCC(=O)Nc1ccc(F)c(F)c1. The number of nitrogens with one attached hydrogen (secondary N) is 2. The van der Waals surface area contributed by atoms with Gasteiger partial charge < -0.3 is 24.8 Å². The summed E-state index contributed by atoms with van der Waals surface area (Å²) in [6, 6.07) is 8.00. The molecule has 0 radical (unpaired) electrons. The first kappa shape index (κ1) is 21.8. The minimum absolute atomic E-state index is 0.0360. The monoisotopic (exact) mass is 432 g/mol. The molecule has 1 aliphatic heterocycles. The van der Waals surface area contributed by atoms with Gasteiger partial charge in [-0.15, -0.1) is 0 Å². The second-order valence-electron chi connectivity index (χ2n) is 6.30. The zero-order valence-electron chi connectivity index (χ0n) is 16.2. The molecular weight excluding hydrogens is 414 g/mol. The molecule has 8 nitrogen and oxygen atoms in total. The number of carbonyl (C=O) groups is 3. The fraction of sp³-hybridized carbons (Fsp3) is 0.190. The number of hydrogen-bond donors (Lipinski definition) is 2. The number of esters is 1. The topological polar surface area (TPSA) is 103 Å². The normalized spacial score (nSPS) is 12.3. The summed E-state index contributed by atoms with van der Waals surface area (Å²) in [7, 11) is 0. The Morgan fingerprint density at radius 2 is 1.74 bits per heavy atom. The molecule has 0 saturated carbocycles. The van der Waals surface area contributed by atoms with Gasteiger partial charge in [-0.05, 0) is 35.9 Å². The molecule has 0 atom stereocenters. The Morgan fingerprint density at radius 3 is 2.52 bits per heavy atom. The van der Waals surface area contributed by atoms with E-state index in [1.807, 2.05) is 0 Å². The second-order valence-corrected chi connectivity index (χ2v) is 6.30. The third kappa shape index (κ3) is 6.53. The van der Waals surface area contributed by atoms with Crippen molar-refractivity contribution in [3.63, 3.8) is 0 Å². The van der Waals surface area contributed by atoms with Crippen molar-refractivity contribution in [3.05, 3.63) is 59.7 Å². The Kier molecular flexibility index (Phi) is 7.15. The minimum Gasteiger partial charge on any atom is -0.486 e. The number of hydrogen-bond acceptors (Lipinski definition) is 6. The lowest BCUT2D eigenvalue weighted by Gasteiger charge is -2.18. The molecular formula is C21H18F2N2O6.